The van der Waals surface area contributed by atoms with Gasteiger partial charge in [-0.05, 0) is 40.6 Å². The topological polar surface area (TPSA) is 81.3 Å². The van der Waals surface area contributed by atoms with Gasteiger partial charge in [0.15, 0.2) is 0 Å². The summed E-state index contributed by atoms with van der Waals surface area (Å²) in [7, 11) is 0. The number of likely N-dealkylation sites (tertiary alicyclic amines) is 1. The highest BCUT2D eigenvalue weighted by Gasteiger charge is 2.26. The van der Waals surface area contributed by atoms with E-state index in [4.69, 9.17) is 0 Å². The zero-order valence-electron chi connectivity index (χ0n) is 11.3. The van der Waals surface area contributed by atoms with Crippen molar-refractivity contribution in [2.24, 2.45) is 0 Å². The van der Waals surface area contributed by atoms with Crippen LogP contribution >= 0.6 is 15.9 Å². The van der Waals surface area contributed by atoms with E-state index in [2.05, 4.69) is 21.0 Å². The van der Waals surface area contributed by atoms with Crippen molar-refractivity contribution in [3.05, 3.63) is 20.3 Å². The quantitative estimate of drug-likeness (QED) is 0.622. The van der Waals surface area contributed by atoms with E-state index >= 15 is 0 Å². The molecule has 0 atom stereocenters. The summed E-state index contributed by atoms with van der Waals surface area (Å²) in [6, 6.07) is 0. The average molecular weight is 345 g/mol. The van der Waals surface area contributed by atoms with E-state index in [9.17, 15) is 14.9 Å². The molecule has 1 saturated heterocycles. The number of halogens is 1. The number of carbonyl (C=O) groups is 1. The fraction of sp³-hybridized carbons (Fsp3) is 0.667. The highest BCUT2D eigenvalue weighted by Crippen LogP contribution is 2.27. The molecule has 0 spiro atoms. The molecule has 1 aliphatic rings. The van der Waals surface area contributed by atoms with Crippen molar-refractivity contribution in [3.63, 3.8) is 0 Å². The zero-order valence-corrected chi connectivity index (χ0v) is 12.9. The van der Waals surface area contributed by atoms with Gasteiger partial charge in [0.1, 0.15) is 11.0 Å². The van der Waals surface area contributed by atoms with Crippen LogP contribution in [0, 0.1) is 17.0 Å². The van der Waals surface area contributed by atoms with Crippen molar-refractivity contribution in [2.75, 3.05) is 13.1 Å². The van der Waals surface area contributed by atoms with Crippen LogP contribution in [-0.4, -0.2) is 38.6 Å². The smallest absolute Gasteiger partial charge is 0.358 e. The lowest BCUT2D eigenvalue weighted by Gasteiger charge is -2.19. The predicted octanol–water partition coefficient (Wildman–Crippen LogP) is 2.26. The summed E-state index contributed by atoms with van der Waals surface area (Å²) in [5.74, 6) is -0.272. The molecule has 0 N–H and O–H groups in total. The fourth-order valence-electron chi connectivity index (χ4n) is 2.33. The molecule has 110 valence electrons. The molecule has 0 unspecified atom stereocenters. The second-order valence-corrected chi connectivity index (χ2v) is 5.73. The van der Waals surface area contributed by atoms with Crippen molar-refractivity contribution in [1.29, 1.82) is 0 Å². The number of hydrogen-bond acceptors (Lipinski definition) is 4. The molecule has 2 rings (SSSR count). The SMILES string of the molecule is Cc1c(Br)c([N+](=O)[O-])nn1CC(=O)N1CCCCCC1. The van der Waals surface area contributed by atoms with Crippen molar-refractivity contribution >= 4 is 27.7 Å². The van der Waals surface area contributed by atoms with Crippen LogP contribution in [0.15, 0.2) is 4.47 Å². The largest absolute Gasteiger partial charge is 0.404 e. The third-order valence-electron chi connectivity index (χ3n) is 3.53. The number of hydrogen-bond donors (Lipinski definition) is 0. The zero-order chi connectivity index (χ0) is 14.7. The Morgan fingerprint density at radius 1 is 1.35 bits per heavy atom. The first-order chi connectivity index (χ1) is 9.50. The van der Waals surface area contributed by atoms with E-state index in [1.807, 2.05) is 4.90 Å². The van der Waals surface area contributed by atoms with Gasteiger partial charge in [-0.15, -0.1) is 0 Å². The number of carbonyl (C=O) groups excluding carboxylic acids is 1. The minimum absolute atomic E-state index is 0.0279. The van der Waals surface area contributed by atoms with Crippen LogP contribution in [0.2, 0.25) is 0 Å². The maximum absolute atomic E-state index is 12.2. The Bertz CT molecular complexity index is 521. The normalized spacial score (nSPS) is 16.0. The Morgan fingerprint density at radius 3 is 2.45 bits per heavy atom. The van der Waals surface area contributed by atoms with Crippen LogP contribution in [0.4, 0.5) is 5.82 Å². The summed E-state index contributed by atoms with van der Waals surface area (Å²) < 4.78 is 1.74. The van der Waals surface area contributed by atoms with Crippen LogP contribution in [0.3, 0.4) is 0 Å². The molecule has 7 nitrogen and oxygen atoms in total. The molecule has 1 aliphatic heterocycles. The molecular formula is C12H17BrN4O3. The summed E-state index contributed by atoms with van der Waals surface area (Å²) >= 11 is 3.15. The summed E-state index contributed by atoms with van der Waals surface area (Å²) in [6.45, 7) is 3.29. The van der Waals surface area contributed by atoms with E-state index in [1.54, 1.807) is 6.92 Å². The molecule has 1 aromatic rings. The van der Waals surface area contributed by atoms with Gasteiger partial charge >= 0.3 is 5.82 Å². The minimum atomic E-state index is -0.552. The van der Waals surface area contributed by atoms with Crippen molar-refractivity contribution < 1.29 is 9.72 Å². The molecule has 2 heterocycles. The maximum atomic E-state index is 12.2. The lowest BCUT2D eigenvalue weighted by molar-refractivity contribution is -0.390. The highest BCUT2D eigenvalue weighted by molar-refractivity contribution is 9.10. The molecule has 0 saturated carbocycles. The number of amides is 1. The second-order valence-electron chi connectivity index (χ2n) is 4.93. The van der Waals surface area contributed by atoms with Gasteiger partial charge in [-0.25, -0.2) is 0 Å². The Morgan fingerprint density at radius 2 is 1.95 bits per heavy atom. The molecule has 8 heteroatoms. The summed E-state index contributed by atoms with van der Waals surface area (Å²) in [5, 5.41) is 14.7. The van der Waals surface area contributed by atoms with Crippen LogP contribution in [-0.2, 0) is 11.3 Å². The Hall–Kier alpha value is -1.44. The van der Waals surface area contributed by atoms with Crippen LogP contribution in [0.1, 0.15) is 31.4 Å². The molecule has 0 aliphatic carbocycles. The predicted molar refractivity (Wildman–Crippen MR) is 76.4 cm³/mol. The third kappa shape index (κ3) is 3.17. The first-order valence-electron chi connectivity index (χ1n) is 6.65. The lowest BCUT2D eigenvalue weighted by atomic mass is 10.2. The van der Waals surface area contributed by atoms with Gasteiger partial charge < -0.3 is 15.0 Å². The minimum Gasteiger partial charge on any atom is -0.358 e. The Balaban J connectivity index is 2.11. The van der Waals surface area contributed by atoms with Crippen LogP contribution in [0.5, 0.6) is 0 Å². The number of nitro groups is 1. The average Bonchev–Trinajstić information content (AvgIpc) is 2.64. The Kier molecular flexibility index (Phi) is 4.74. The van der Waals surface area contributed by atoms with Crippen molar-refractivity contribution in [2.45, 2.75) is 39.2 Å². The third-order valence-corrected chi connectivity index (χ3v) is 4.46. The molecule has 1 fully saturated rings. The van der Waals surface area contributed by atoms with E-state index in [0.29, 0.717) is 10.2 Å². The molecule has 1 amide bonds. The molecule has 0 radical (unpaired) electrons. The summed E-state index contributed by atoms with van der Waals surface area (Å²) in [5.41, 5.74) is 0.597. The van der Waals surface area contributed by atoms with E-state index < -0.39 is 4.92 Å². The van der Waals surface area contributed by atoms with Crippen LogP contribution < -0.4 is 0 Å². The second kappa shape index (κ2) is 6.34. The van der Waals surface area contributed by atoms with E-state index in [-0.39, 0.29) is 18.3 Å². The first kappa shape index (κ1) is 15.0. The molecule has 0 bridgehead atoms. The fourth-order valence-corrected chi connectivity index (χ4v) is 2.76. The number of rotatable bonds is 3. The lowest BCUT2D eigenvalue weighted by Crippen LogP contribution is -2.35. The summed E-state index contributed by atoms with van der Waals surface area (Å²) in [6.07, 6.45) is 4.35. The monoisotopic (exact) mass is 344 g/mol. The van der Waals surface area contributed by atoms with Gasteiger partial charge in [0.05, 0.1) is 10.8 Å². The van der Waals surface area contributed by atoms with Gasteiger partial charge in [-0.2, -0.15) is 4.68 Å². The number of aromatic nitrogens is 2. The molecular weight excluding hydrogens is 328 g/mol. The standard InChI is InChI=1S/C12H17BrN4O3/c1-9-11(13)12(17(19)20)14-16(9)8-10(18)15-6-4-2-3-5-7-15/h2-8H2,1H3. The van der Waals surface area contributed by atoms with Crippen LogP contribution in [0.25, 0.3) is 0 Å². The maximum Gasteiger partial charge on any atom is 0.404 e. The van der Waals surface area contributed by atoms with Gasteiger partial charge in [-0.3, -0.25) is 4.79 Å². The van der Waals surface area contributed by atoms with Gasteiger partial charge in [-0.1, -0.05) is 12.8 Å². The van der Waals surface area contributed by atoms with E-state index in [0.717, 1.165) is 38.8 Å². The van der Waals surface area contributed by atoms with Crippen molar-refractivity contribution in [3.8, 4) is 0 Å². The molecule has 20 heavy (non-hydrogen) atoms. The van der Waals surface area contributed by atoms with Gasteiger partial charge in [0.2, 0.25) is 5.91 Å². The van der Waals surface area contributed by atoms with Crippen molar-refractivity contribution in [1.82, 2.24) is 14.7 Å². The van der Waals surface area contributed by atoms with E-state index in [1.165, 1.54) is 4.68 Å². The van der Waals surface area contributed by atoms with Gasteiger partial charge in [0.25, 0.3) is 0 Å². The first-order valence-corrected chi connectivity index (χ1v) is 7.45. The highest BCUT2D eigenvalue weighted by atomic mass is 79.9. The van der Waals surface area contributed by atoms with Gasteiger partial charge in [0, 0.05) is 13.1 Å². The number of nitrogens with zero attached hydrogens (tertiary/aromatic N) is 4. The molecule has 0 aromatic carbocycles. The Labute approximate surface area is 125 Å². The molecule has 1 aromatic heterocycles. The summed E-state index contributed by atoms with van der Waals surface area (Å²) in [4.78, 5) is 24.3.